The minimum Gasteiger partial charge on any atom is -0.349 e. The summed E-state index contributed by atoms with van der Waals surface area (Å²) in [6, 6.07) is 5.40. The molecule has 6 heteroatoms. The van der Waals surface area contributed by atoms with E-state index in [2.05, 4.69) is 10.0 Å². The van der Waals surface area contributed by atoms with Crippen LogP contribution < -0.4 is 10.0 Å². The van der Waals surface area contributed by atoms with Gasteiger partial charge in [0.25, 0.3) is 5.91 Å². The maximum atomic E-state index is 12.4. The fourth-order valence-electron chi connectivity index (χ4n) is 3.75. The van der Waals surface area contributed by atoms with E-state index in [1.165, 1.54) is 19.3 Å². The molecule has 2 aliphatic rings. The summed E-state index contributed by atoms with van der Waals surface area (Å²) < 4.78 is 25.2. The van der Waals surface area contributed by atoms with E-state index < -0.39 is 10.0 Å². The largest absolute Gasteiger partial charge is 0.349 e. The molecule has 0 aromatic heterocycles. The van der Waals surface area contributed by atoms with Gasteiger partial charge in [0.1, 0.15) is 0 Å². The molecule has 1 aromatic carbocycles. The predicted octanol–water partition coefficient (Wildman–Crippen LogP) is 2.28. The summed E-state index contributed by atoms with van der Waals surface area (Å²) in [6.45, 7) is 1.81. The highest BCUT2D eigenvalue weighted by Gasteiger charge is 2.40. The van der Waals surface area contributed by atoms with Gasteiger partial charge in [0, 0.05) is 11.6 Å². The summed E-state index contributed by atoms with van der Waals surface area (Å²) in [7, 11) is -3.35. The zero-order chi connectivity index (χ0) is 15.9. The topological polar surface area (TPSA) is 75.3 Å². The molecule has 0 heterocycles. The third kappa shape index (κ3) is 3.27. The number of nitrogens with one attached hydrogen (secondary N) is 2. The van der Waals surface area contributed by atoms with Gasteiger partial charge < -0.3 is 5.32 Å². The molecule has 0 unspecified atom stereocenters. The standard InChI is InChI=1S/C16H22N2O3S/c1-10-3-5-13(9-14(10)18-22(2,20)21)16(19)17-15-8-11-4-6-12(15)7-11/h3,5,9,11-12,15,18H,4,6-8H2,1-2H3,(H,17,19)/t11-,12+,15-/m0/s1. The van der Waals surface area contributed by atoms with Crippen LogP contribution in [0.3, 0.4) is 0 Å². The molecule has 5 nitrogen and oxygen atoms in total. The highest BCUT2D eigenvalue weighted by Crippen LogP contribution is 2.44. The molecule has 22 heavy (non-hydrogen) atoms. The summed E-state index contributed by atoms with van der Waals surface area (Å²) in [4.78, 5) is 12.4. The molecular weight excluding hydrogens is 300 g/mol. The molecular formula is C16H22N2O3S. The van der Waals surface area contributed by atoms with Crippen LogP contribution in [0.15, 0.2) is 18.2 Å². The van der Waals surface area contributed by atoms with E-state index in [1.807, 2.05) is 6.92 Å². The summed E-state index contributed by atoms with van der Waals surface area (Å²) in [5.41, 5.74) is 1.75. The van der Waals surface area contributed by atoms with E-state index in [1.54, 1.807) is 18.2 Å². The van der Waals surface area contributed by atoms with Gasteiger partial charge in [-0.25, -0.2) is 8.42 Å². The lowest BCUT2D eigenvalue weighted by Crippen LogP contribution is -2.38. The van der Waals surface area contributed by atoms with Crippen molar-refractivity contribution in [3.63, 3.8) is 0 Å². The first-order valence-corrected chi connectivity index (χ1v) is 9.60. The Morgan fingerprint density at radius 3 is 2.59 bits per heavy atom. The minimum atomic E-state index is -3.35. The van der Waals surface area contributed by atoms with Crippen LogP contribution in [0, 0.1) is 18.8 Å². The van der Waals surface area contributed by atoms with Gasteiger partial charge in [0.2, 0.25) is 10.0 Å². The average molecular weight is 322 g/mol. The second-order valence-electron chi connectivity index (χ2n) is 6.66. The maximum absolute atomic E-state index is 12.4. The van der Waals surface area contributed by atoms with Crippen molar-refractivity contribution in [2.75, 3.05) is 11.0 Å². The van der Waals surface area contributed by atoms with Gasteiger partial charge in [-0.15, -0.1) is 0 Å². The van der Waals surface area contributed by atoms with E-state index in [-0.39, 0.29) is 11.9 Å². The van der Waals surface area contributed by atoms with Crippen molar-refractivity contribution in [3.05, 3.63) is 29.3 Å². The number of fused-ring (bicyclic) bond motifs is 2. The molecule has 0 radical (unpaired) electrons. The molecule has 1 amide bonds. The Morgan fingerprint density at radius 2 is 2.00 bits per heavy atom. The third-order valence-corrected chi connectivity index (χ3v) is 5.44. The number of sulfonamides is 1. The zero-order valence-corrected chi connectivity index (χ0v) is 13.7. The first-order chi connectivity index (χ1) is 10.3. The monoisotopic (exact) mass is 322 g/mol. The fourth-order valence-corrected chi connectivity index (χ4v) is 4.37. The minimum absolute atomic E-state index is 0.117. The number of rotatable bonds is 4. The highest BCUT2D eigenvalue weighted by atomic mass is 32.2. The SMILES string of the molecule is Cc1ccc(C(=O)N[C@H]2C[C@H]3CC[C@@H]2C3)cc1NS(C)(=O)=O. The van der Waals surface area contributed by atoms with Crippen molar-refractivity contribution >= 4 is 21.6 Å². The van der Waals surface area contributed by atoms with E-state index in [9.17, 15) is 13.2 Å². The lowest BCUT2D eigenvalue weighted by molar-refractivity contribution is 0.0923. The van der Waals surface area contributed by atoms with Crippen molar-refractivity contribution in [2.45, 2.75) is 38.6 Å². The van der Waals surface area contributed by atoms with Crippen LogP contribution >= 0.6 is 0 Å². The second-order valence-corrected chi connectivity index (χ2v) is 8.41. The molecule has 0 saturated heterocycles. The van der Waals surface area contributed by atoms with Crippen LogP contribution in [0.5, 0.6) is 0 Å². The number of aryl methyl sites for hydroxylation is 1. The molecule has 2 saturated carbocycles. The lowest BCUT2D eigenvalue weighted by Gasteiger charge is -2.23. The second kappa shape index (κ2) is 5.57. The molecule has 1 aromatic rings. The number of benzene rings is 1. The zero-order valence-electron chi connectivity index (χ0n) is 12.9. The molecule has 120 valence electrons. The Morgan fingerprint density at radius 1 is 1.23 bits per heavy atom. The van der Waals surface area contributed by atoms with Gasteiger partial charge in [0.15, 0.2) is 0 Å². The fraction of sp³-hybridized carbons (Fsp3) is 0.562. The van der Waals surface area contributed by atoms with Crippen LogP contribution in [0.25, 0.3) is 0 Å². The van der Waals surface area contributed by atoms with E-state index in [4.69, 9.17) is 0 Å². The van der Waals surface area contributed by atoms with Crippen molar-refractivity contribution in [2.24, 2.45) is 11.8 Å². The van der Waals surface area contributed by atoms with Crippen molar-refractivity contribution < 1.29 is 13.2 Å². The first-order valence-electron chi connectivity index (χ1n) is 7.71. The third-order valence-electron chi connectivity index (χ3n) is 4.85. The van der Waals surface area contributed by atoms with Crippen LogP contribution in [-0.4, -0.2) is 26.6 Å². The summed E-state index contributed by atoms with van der Waals surface area (Å²) in [5, 5.41) is 3.12. The Hall–Kier alpha value is -1.56. The Kier molecular flexibility index (Phi) is 3.89. The molecule has 3 atom stereocenters. The van der Waals surface area contributed by atoms with Crippen molar-refractivity contribution in [1.29, 1.82) is 0 Å². The average Bonchev–Trinajstić information content (AvgIpc) is 3.02. The highest BCUT2D eigenvalue weighted by molar-refractivity contribution is 7.92. The quantitative estimate of drug-likeness (QED) is 0.893. The van der Waals surface area contributed by atoms with Crippen LogP contribution in [0.4, 0.5) is 5.69 Å². The Balaban J connectivity index is 1.74. The van der Waals surface area contributed by atoms with Gasteiger partial charge in [-0.05, 0) is 55.7 Å². The predicted molar refractivity (Wildman–Crippen MR) is 86.3 cm³/mol. The van der Waals surface area contributed by atoms with Crippen molar-refractivity contribution in [1.82, 2.24) is 5.32 Å². The lowest BCUT2D eigenvalue weighted by atomic mass is 9.95. The number of hydrogen-bond donors (Lipinski definition) is 2. The Labute approximate surface area is 131 Å². The van der Waals surface area contributed by atoms with Crippen molar-refractivity contribution in [3.8, 4) is 0 Å². The Bertz CT molecular complexity index is 699. The molecule has 2 N–H and O–H groups in total. The van der Waals surface area contributed by atoms with Crippen LogP contribution in [-0.2, 0) is 10.0 Å². The number of anilines is 1. The van der Waals surface area contributed by atoms with Gasteiger partial charge in [0.05, 0.1) is 11.9 Å². The van der Waals surface area contributed by atoms with Gasteiger partial charge in [-0.2, -0.15) is 0 Å². The smallest absolute Gasteiger partial charge is 0.251 e. The molecule has 3 rings (SSSR count). The number of carbonyl (C=O) groups is 1. The molecule has 2 aliphatic carbocycles. The molecule has 2 fully saturated rings. The molecule has 2 bridgehead atoms. The van der Waals surface area contributed by atoms with Crippen LogP contribution in [0.2, 0.25) is 0 Å². The summed E-state index contributed by atoms with van der Waals surface area (Å²) >= 11 is 0. The van der Waals surface area contributed by atoms with E-state index >= 15 is 0 Å². The maximum Gasteiger partial charge on any atom is 0.251 e. The molecule has 0 aliphatic heterocycles. The molecule has 0 spiro atoms. The van der Waals surface area contributed by atoms with E-state index in [0.717, 1.165) is 24.2 Å². The van der Waals surface area contributed by atoms with Gasteiger partial charge in [-0.3, -0.25) is 9.52 Å². The van der Waals surface area contributed by atoms with Gasteiger partial charge >= 0.3 is 0 Å². The number of amides is 1. The van der Waals surface area contributed by atoms with Gasteiger partial charge in [-0.1, -0.05) is 12.5 Å². The van der Waals surface area contributed by atoms with Crippen LogP contribution in [0.1, 0.15) is 41.6 Å². The summed E-state index contributed by atoms with van der Waals surface area (Å²) in [5.74, 6) is 1.28. The van der Waals surface area contributed by atoms with E-state index in [0.29, 0.717) is 17.2 Å². The normalized spacial score (nSPS) is 26.9. The number of hydrogen-bond acceptors (Lipinski definition) is 3. The first kappa shape index (κ1) is 15.3. The summed E-state index contributed by atoms with van der Waals surface area (Å²) in [6.07, 6.45) is 5.93. The number of carbonyl (C=O) groups excluding carboxylic acids is 1.